The van der Waals surface area contributed by atoms with Crippen LogP contribution in [0, 0.1) is 0 Å². The first-order valence-corrected chi connectivity index (χ1v) is 21.5. The highest BCUT2D eigenvalue weighted by Gasteiger charge is 2.10. The zero-order chi connectivity index (χ0) is 36.8. The molecule has 0 spiro atoms. The monoisotopic (exact) mass is 730 g/mol. The van der Waals surface area contributed by atoms with Crippen molar-refractivity contribution in [3.8, 4) is 22.3 Å². The van der Waals surface area contributed by atoms with E-state index in [1.54, 1.807) is 0 Å². The minimum absolute atomic E-state index is 0.864. The maximum atomic E-state index is 4.30. The van der Waals surface area contributed by atoms with Crippen LogP contribution in [0.25, 0.3) is 22.3 Å². The minimum atomic E-state index is 0.864. The number of nitrogens with zero attached hydrogens (tertiary/aromatic N) is 4. The molecular formula is C48H66N4S+4. The molecule has 280 valence electrons. The average molecular weight is 731 g/mol. The molecule has 0 saturated heterocycles. The van der Waals surface area contributed by atoms with Crippen molar-refractivity contribution in [1.82, 2.24) is 0 Å². The molecule has 0 aliphatic heterocycles. The molecule has 0 N–H and O–H groups in total. The molecule has 5 aromatic rings. The maximum Gasteiger partial charge on any atom is 0.173 e. The molecule has 5 rings (SSSR count). The summed E-state index contributed by atoms with van der Waals surface area (Å²) in [6.07, 6.45) is 39.3. The van der Waals surface area contributed by atoms with E-state index in [9.17, 15) is 0 Å². The molecule has 53 heavy (non-hydrogen) atoms. The molecule has 0 aliphatic carbocycles. The lowest BCUT2D eigenvalue weighted by Crippen LogP contribution is -2.34. The van der Waals surface area contributed by atoms with Crippen molar-refractivity contribution in [3.05, 3.63) is 133 Å². The zero-order valence-electron chi connectivity index (χ0n) is 32.6. The van der Waals surface area contributed by atoms with Gasteiger partial charge in [-0.1, -0.05) is 102 Å². The van der Waals surface area contributed by atoms with Gasteiger partial charge in [0, 0.05) is 72.5 Å². The van der Waals surface area contributed by atoms with Gasteiger partial charge in [0.05, 0.1) is 0 Å². The van der Waals surface area contributed by atoms with Gasteiger partial charge in [-0.3, -0.25) is 0 Å². The molecule has 4 aromatic heterocycles. The number of pyridine rings is 4. The Morgan fingerprint density at radius 3 is 0.943 bits per heavy atom. The second-order valence-corrected chi connectivity index (χ2v) is 15.5. The predicted octanol–water partition coefficient (Wildman–Crippen LogP) is 10.5. The van der Waals surface area contributed by atoms with Gasteiger partial charge in [0.15, 0.2) is 62.7 Å². The number of hydrogen-bond donors (Lipinski definition) is 1. The van der Waals surface area contributed by atoms with E-state index in [2.05, 4.69) is 160 Å². The summed E-state index contributed by atoms with van der Waals surface area (Å²) in [7, 11) is 0. The molecule has 0 atom stereocenters. The Balaban J connectivity index is 1.00. The lowest BCUT2D eigenvalue weighted by molar-refractivity contribution is -0.697. The van der Waals surface area contributed by atoms with Crippen LogP contribution in [0.3, 0.4) is 0 Å². The third kappa shape index (κ3) is 14.8. The zero-order valence-corrected chi connectivity index (χ0v) is 33.5. The van der Waals surface area contributed by atoms with Crippen LogP contribution in [-0.2, 0) is 26.2 Å². The van der Waals surface area contributed by atoms with Gasteiger partial charge < -0.3 is 0 Å². The SMILES string of the molecule is CCCCCCCCCC[n+]1ccc(-c2cc[n+](Cc3ccc(C[n+]4ccc(-c5cc[n+](CCCCCCCCCCS)cc5)cc4)cc3)cc2)cc1. The second-order valence-electron chi connectivity index (χ2n) is 15.0. The van der Waals surface area contributed by atoms with Gasteiger partial charge in [0.25, 0.3) is 0 Å². The van der Waals surface area contributed by atoms with Crippen molar-refractivity contribution in [2.45, 2.75) is 136 Å². The quantitative estimate of drug-likeness (QED) is 0.0350. The van der Waals surface area contributed by atoms with Crippen LogP contribution in [0.5, 0.6) is 0 Å². The summed E-state index contributed by atoms with van der Waals surface area (Å²) in [4.78, 5) is 0. The van der Waals surface area contributed by atoms with Crippen molar-refractivity contribution in [3.63, 3.8) is 0 Å². The summed E-state index contributed by atoms with van der Waals surface area (Å²) < 4.78 is 9.18. The Labute approximate surface area is 327 Å². The Morgan fingerprint density at radius 2 is 0.623 bits per heavy atom. The van der Waals surface area contributed by atoms with Crippen molar-refractivity contribution >= 4 is 12.6 Å². The third-order valence-corrected chi connectivity index (χ3v) is 10.9. The maximum absolute atomic E-state index is 4.30. The van der Waals surface area contributed by atoms with Gasteiger partial charge in [0.1, 0.15) is 13.1 Å². The van der Waals surface area contributed by atoms with Gasteiger partial charge in [-0.2, -0.15) is 12.6 Å². The fourth-order valence-electron chi connectivity index (χ4n) is 7.17. The minimum Gasteiger partial charge on any atom is -0.205 e. The highest BCUT2D eigenvalue weighted by molar-refractivity contribution is 7.80. The molecule has 1 aromatic carbocycles. The number of unbranched alkanes of at least 4 members (excludes halogenated alkanes) is 14. The topological polar surface area (TPSA) is 15.5 Å². The van der Waals surface area contributed by atoms with Crippen LogP contribution in [0.15, 0.2) is 122 Å². The summed E-state index contributed by atoms with van der Waals surface area (Å²) in [5, 5.41) is 0. The number of hydrogen-bond acceptors (Lipinski definition) is 1. The van der Waals surface area contributed by atoms with Crippen molar-refractivity contribution in [2.75, 3.05) is 5.75 Å². The molecule has 4 nitrogen and oxygen atoms in total. The van der Waals surface area contributed by atoms with E-state index in [1.165, 1.54) is 136 Å². The summed E-state index contributed by atoms with van der Waals surface area (Å²) in [5.74, 6) is 1.03. The predicted molar refractivity (Wildman–Crippen MR) is 223 cm³/mol. The second kappa shape index (κ2) is 23.8. The highest BCUT2D eigenvalue weighted by Crippen LogP contribution is 2.18. The molecule has 0 saturated carbocycles. The number of aryl methyl sites for hydroxylation is 2. The highest BCUT2D eigenvalue weighted by atomic mass is 32.1. The van der Waals surface area contributed by atoms with E-state index in [1.807, 2.05) is 0 Å². The molecule has 0 bridgehead atoms. The van der Waals surface area contributed by atoms with Crippen LogP contribution in [0.1, 0.15) is 121 Å². The Bertz CT molecular complexity index is 1680. The largest absolute Gasteiger partial charge is 0.205 e. The van der Waals surface area contributed by atoms with Gasteiger partial charge in [0.2, 0.25) is 0 Å². The molecule has 5 heteroatoms. The van der Waals surface area contributed by atoms with E-state index < -0.39 is 0 Å². The molecule has 0 amide bonds. The molecular weight excluding hydrogens is 665 g/mol. The van der Waals surface area contributed by atoms with E-state index in [0.717, 1.165) is 31.9 Å². The summed E-state index contributed by atoms with van der Waals surface area (Å²) in [6, 6.07) is 27.0. The number of benzene rings is 1. The van der Waals surface area contributed by atoms with Crippen LogP contribution >= 0.6 is 12.6 Å². The van der Waals surface area contributed by atoms with Crippen LogP contribution in [0.4, 0.5) is 0 Å². The number of rotatable bonds is 25. The van der Waals surface area contributed by atoms with Crippen LogP contribution in [-0.4, -0.2) is 5.75 Å². The molecule has 4 heterocycles. The van der Waals surface area contributed by atoms with Gasteiger partial charge in [-0.15, -0.1) is 0 Å². The van der Waals surface area contributed by atoms with E-state index in [4.69, 9.17) is 0 Å². The number of thiol groups is 1. The average Bonchev–Trinajstić information content (AvgIpc) is 3.20. The first-order valence-electron chi connectivity index (χ1n) is 20.9. The Morgan fingerprint density at radius 1 is 0.340 bits per heavy atom. The molecule has 0 fully saturated rings. The van der Waals surface area contributed by atoms with Crippen LogP contribution < -0.4 is 18.3 Å². The lowest BCUT2D eigenvalue weighted by atomic mass is 10.1. The number of aromatic nitrogens is 4. The fraction of sp³-hybridized carbons (Fsp3) is 0.458. The van der Waals surface area contributed by atoms with E-state index in [0.29, 0.717) is 0 Å². The van der Waals surface area contributed by atoms with E-state index in [-0.39, 0.29) is 0 Å². The van der Waals surface area contributed by atoms with Crippen LogP contribution in [0.2, 0.25) is 0 Å². The molecule has 0 radical (unpaired) electrons. The summed E-state index contributed by atoms with van der Waals surface area (Å²) in [6.45, 7) is 6.23. The Kier molecular flexibility index (Phi) is 18.1. The van der Waals surface area contributed by atoms with Crippen molar-refractivity contribution in [2.24, 2.45) is 0 Å². The smallest absolute Gasteiger partial charge is 0.173 e. The standard InChI is InChI=1S/C48H65N4S/c1-2-3-4-5-6-9-12-15-30-49-32-22-45(23-33-49)47-26-36-51(37-27-47)41-43-18-20-44(21-19-43)42-52-38-28-48(29-39-52)46-24-34-50(35-25-46)31-16-13-10-7-8-11-14-17-40-53/h18-29,32-39H,2-17,30-31,40-42H2,1H3/q+3/p+1. The Hall–Kier alpha value is -3.83. The van der Waals surface area contributed by atoms with E-state index >= 15 is 0 Å². The summed E-state index contributed by atoms with van der Waals surface area (Å²) in [5.41, 5.74) is 7.68. The first kappa shape index (κ1) is 40.4. The fourth-order valence-corrected chi connectivity index (χ4v) is 7.40. The lowest BCUT2D eigenvalue weighted by Gasteiger charge is -2.04. The van der Waals surface area contributed by atoms with Crippen molar-refractivity contribution < 1.29 is 18.3 Å². The molecule has 0 aliphatic rings. The van der Waals surface area contributed by atoms with Crippen molar-refractivity contribution in [1.29, 1.82) is 0 Å². The summed E-state index contributed by atoms with van der Waals surface area (Å²) >= 11 is 4.30. The third-order valence-electron chi connectivity index (χ3n) is 10.6. The first-order chi connectivity index (χ1) is 26.2. The van der Waals surface area contributed by atoms with Gasteiger partial charge in [-0.05, 0) is 47.3 Å². The van der Waals surface area contributed by atoms with Gasteiger partial charge in [-0.25, -0.2) is 18.3 Å². The molecule has 0 unspecified atom stereocenters. The normalized spacial score (nSPS) is 11.3. The van der Waals surface area contributed by atoms with Gasteiger partial charge >= 0.3 is 0 Å².